The lowest BCUT2D eigenvalue weighted by molar-refractivity contribution is 0.0744. The van der Waals surface area contributed by atoms with Gasteiger partial charge in [-0.1, -0.05) is 18.3 Å². The summed E-state index contributed by atoms with van der Waals surface area (Å²) >= 11 is 4.83. The summed E-state index contributed by atoms with van der Waals surface area (Å²) in [7, 11) is 3.08. The van der Waals surface area contributed by atoms with Crippen molar-refractivity contribution >= 4 is 23.1 Å². The zero-order chi connectivity index (χ0) is 14.6. The van der Waals surface area contributed by atoms with Crippen molar-refractivity contribution in [1.29, 1.82) is 0 Å². The number of amides is 1. The monoisotopic (exact) mass is 282 g/mol. The first-order valence-corrected chi connectivity index (χ1v) is 6.20. The first-order chi connectivity index (χ1) is 8.88. The second-order valence-corrected chi connectivity index (χ2v) is 4.82. The van der Waals surface area contributed by atoms with Gasteiger partial charge in [0, 0.05) is 19.5 Å². The van der Waals surface area contributed by atoms with Crippen LogP contribution in [0, 0.1) is 0 Å². The number of nitrogens with zero attached hydrogens (tertiary/aromatic N) is 1. The Morgan fingerprint density at radius 3 is 2.74 bits per heavy atom. The van der Waals surface area contributed by atoms with Crippen molar-refractivity contribution in [2.45, 2.75) is 19.4 Å². The van der Waals surface area contributed by atoms with E-state index in [-0.39, 0.29) is 29.0 Å². The van der Waals surface area contributed by atoms with E-state index < -0.39 is 0 Å². The van der Waals surface area contributed by atoms with Crippen LogP contribution in [0.4, 0.5) is 0 Å². The predicted molar refractivity (Wildman–Crippen MR) is 77.6 cm³/mol. The van der Waals surface area contributed by atoms with E-state index in [4.69, 9.17) is 22.7 Å². The van der Waals surface area contributed by atoms with E-state index in [0.717, 1.165) is 0 Å². The van der Waals surface area contributed by atoms with Gasteiger partial charge in [0.1, 0.15) is 0 Å². The molecule has 19 heavy (non-hydrogen) atoms. The summed E-state index contributed by atoms with van der Waals surface area (Å²) in [6, 6.07) is 4.64. The molecular formula is C13H18N2O3S. The van der Waals surface area contributed by atoms with Gasteiger partial charge in [-0.05, 0) is 19.1 Å². The van der Waals surface area contributed by atoms with Crippen LogP contribution in [0.15, 0.2) is 18.2 Å². The number of rotatable bonds is 5. The molecule has 0 aliphatic carbocycles. The minimum absolute atomic E-state index is 0.143. The highest BCUT2D eigenvalue weighted by atomic mass is 32.1. The molecule has 0 radical (unpaired) electrons. The minimum Gasteiger partial charge on any atom is -0.504 e. The minimum atomic E-state index is -0.305. The third-order valence-corrected chi connectivity index (χ3v) is 3.09. The lowest BCUT2D eigenvalue weighted by Crippen LogP contribution is -2.37. The molecule has 104 valence electrons. The third-order valence-electron chi connectivity index (χ3n) is 2.93. The second kappa shape index (κ2) is 6.38. The molecule has 0 aliphatic heterocycles. The summed E-state index contributed by atoms with van der Waals surface area (Å²) in [6.07, 6.45) is 0.433. The largest absolute Gasteiger partial charge is 0.504 e. The van der Waals surface area contributed by atoms with Gasteiger partial charge >= 0.3 is 0 Å². The first-order valence-electron chi connectivity index (χ1n) is 5.80. The lowest BCUT2D eigenvalue weighted by Gasteiger charge is -2.25. The summed E-state index contributed by atoms with van der Waals surface area (Å²) < 4.78 is 4.98. The van der Waals surface area contributed by atoms with Gasteiger partial charge in [-0.25, -0.2) is 0 Å². The summed E-state index contributed by atoms with van der Waals surface area (Å²) in [6.45, 7) is 1.84. The smallest absolute Gasteiger partial charge is 0.257 e. The number of hydrogen-bond acceptors (Lipinski definition) is 4. The number of aromatic hydroxyl groups is 1. The quantitative estimate of drug-likeness (QED) is 0.801. The molecule has 0 spiro atoms. The normalized spacial score (nSPS) is 11.7. The van der Waals surface area contributed by atoms with Crippen LogP contribution < -0.4 is 10.5 Å². The molecule has 0 saturated heterocycles. The molecule has 1 atom stereocenters. The van der Waals surface area contributed by atoms with Crippen LogP contribution in [0.2, 0.25) is 0 Å². The average molecular weight is 282 g/mol. The van der Waals surface area contributed by atoms with Crippen LogP contribution in [0.25, 0.3) is 0 Å². The van der Waals surface area contributed by atoms with E-state index in [1.54, 1.807) is 25.2 Å². The highest BCUT2D eigenvalue weighted by Crippen LogP contribution is 2.30. The molecule has 0 aliphatic rings. The molecule has 3 N–H and O–H groups in total. The second-order valence-electron chi connectivity index (χ2n) is 4.29. The zero-order valence-corrected chi connectivity index (χ0v) is 12.0. The Morgan fingerprint density at radius 2 is 2.21 bits per heavy atom. The molecule has 0 saturated carbocycles. The van der Waals surface area contributed by atoms with Gasteiger partial charge < -0.3 is 20.5 Å². The molecule has 1 aromatic carbocycles. The number of phenolic OH excluding ortho intramolecular Hbond substituents is 1. The molecule has 6 heteroatoms. The summed E-state index contributed by atoms with van der Waals surface area (Å²) in [5.74, 6) is -0.203. The standard InChI is InChI=1S/C13H18N2O3S/c1-8(7-11(14)19)15(2)13(17)9-5-4-6-10(18-3)12(9)16/h4-6,8,16H,7H2,1-3H3,(H2,14,19). The fraction of sp³-hybridized carbons (Fsp3) is 0.385. The Labute approximate surface area is 118 Å². The van der Waals surface area contributed by atoms with Gasteiger partial charge in [-0.2, -0.15) is 0 Å². The van der Waals surface area contributed by atoms with Crippen LogP contribution in [-0.4, -0.2) is 41.1 Å². The van der Waals surface area contributed by atoms with Gasteiger partial charge in [0.15, 0.2) is 11.5 Å². The van der Waals surface area contributed by atoms with Crippen molar-refractivity contribution in [1.82, 2.24) is 4.90 Å². The maximum absolute atomic E-state index is 12.3. The number of phenols is 1. The van der Waals surface area contributed by atoms with Crippen LogP contribution >= 0.6 is 12.2 Å². The highest BCUT2D eigenvalue weighted by Gasteiger charge is 2.22. The van der Waals surface area contributed by atoms with E-state index in [1.807, 2.05) is 6.92 Å². The van der Waals surface area contributed by atoms with Crippen molar-refractivity contribution in [3.05, 3.63) is 23.8 Å². The number of thiocarbonyl (C=S) groups is 1. The highest BCUT2D eigenvalue weighted by molar-refractivity contribution is 7.80. The van der Waals surface area contributed by atoms with E-state index in [1.165, 1.54) is 12.0 Å². The number of ether oxygens (including phenoxy) is 1. The fourth-order valence-electron chi connectivity index (χ4n) is 1.68. The van der Waals surface area contributed by atoms with Crippen molar-refractivity contribution in [3.8, 4) is 11.5 Å². The predicted octanol–water partition coefficient (Wildman–Crippen LogP) is 1.54. The molecule has 0 bridgehead atoms. The molecule has 0 aromatic heterocycles. The molecule has 5 nitrogen and oxygen atoms in total. The lowest BCUT2D eigenvalue weighted by atomic mass is 10.1. The summed E-state index contributed by atoms with van der Waals surface area (Å²) in [4.78, 5) is 14.1. The maximum Gasteiger partial charge on any atom is 0.257 e. The van der Waals surface area contributed by atoms with Crippen LogP contribution in [0.5, 0.6) is 11.5 Å². The number of carbonyl (C=O) groups excluding carboxylic acids is 1. The van der Waals surface area contributed by atoms with Crippen molar-refractivity contribution < 1.29 is 14.6 Å². The molecular weight excluding hydrogens is 264 g/mol. The SMILES string of the molecule is COc1cccc(C(=O)N(C)C(C)CC(N)=S)c1O. The number of hydrogen-bond donors (Lipinski definition) is 2. The Bertz CT molecular complexity index is 491. The molecule has 1 unspecified atom stereocenters. The third kappa shape index (κ3) is 3.57. The summed E-state index contributed by atoms with van der Waals surface area (Å²) in [5, 5.41) is 9.95. The number of benzene rings is 1. The fourth-order valence-corrected chi connectivity index (χ4v) is 1.92. The van der Waals surface area contributed by atoms with Crippen LogP contribution in [0.3, 0.4) is 0 Å². The number of para-hydroxylation sites is 1. The van der Waals surface area contributed by atoms with Crippen molar-refractivity contribution in [3.63, 3.8) is 0 Å². The van der Waals surface area contributed by atoms with E-state index in [9.17, 15) is 9.90 Å². The van der Waals surface area contributed by atoms with Gasteiger partial charge in [0.2, 0.25) is 0 Å². The first kappa shape index (κ1) is 15.2. The number of nitrogens with two attached hydrogens (primary N) is 1. The number of carbonyl (C=O) groups is 1. The van der Waals surface area contributed by atoms with Gasteiger partial charge in [0.05, 0.1) is 17.7 Å². The molecule has 0 heterocycles. The van der Waals surface area contributed by atoms with E-state index in [2.05, 4.69) is 0 Å². The van der Waals surface area contributed by atoms with Crippen molar-refractivity contribution in [2.24, 2.45) is 5.73 Å². The van der Waals surface area contributed by atoms with Gasteiger partial charge in [-0.15, -0.1) is 0 Å². The number of methoxy groups -OCH3 is 1. The Balaban J connectivity index is 2.97. The van der Waals surface area contributed by atoms with Gasteiger partial charge in [0.25, 0.3) is 5.91 Å². The van der Waals surface area contributed by atoms with E-state index in [0.29, 0.717) is 11.4 Å². The van der Waals surface area contributed by atoms with E-state index >= 15 is 0 Å². The molecule has 0 fully saturated rings. The molecule has 1 rings (SSSR count). The van der Waals surface area contributed by atoms with Gasteiger partial charge in [-0.3, -0.25) is 4.79 Å². The van der Waals surface area contributed by atoms with Crippen molar-refractivity contribution in [2.75, 3.05) is 14.2 Å². The Morgan fingerprint density at radius 1 is 1.58 bits per heavy atom. The summed E-state index contributed by atoms with van der Waals surface area (Å²) in [5.41, 5.74) is 5.66. The average Bonchev–Trinajstić information content (AvgIpc) is 2.36. The molecule has 1 aromatic rings. The van der Waals surface area contributed by atoms with Crippen LogP contribution in [-0.2, 0) is 0 Å². The zero-order valence-electron chi connectivity index (χ0n) is 11.2. The van der Waals surface area contributed by atoms with Crippen LogP contribution in [0.1, 0.15) is 23.7 Å². The Hall–Kier alpha value is -1.82. The Kier molecular flexibility index (Phi) is 5.11. The maximum atomic E-state index is 12.3. The molecule has 1 amide bonds. The topological polar surface area (TPSA) is 75.8 Å².